The summed E-state index contributed by atoms with van der Waals surface area (Å²) in [5, 5.41) is 0. The van der Waals surface area contributed by atoms with Gasteiger partial charge in [-0.2, -0.15) is 0 Å². The maximum absolute atomic E-state index is 12.3. The van der Waals surface area contributed by atoms with Gasteiger partial charge in [0.25, 0.3) is 0 Å². The van der Waals surface area contributed by atoms with Crippen LogP contribution in [0.1, 0.15) is 25.8 Å². The third-order valence-electron chi connectivity index (χ3n) is 3.38. The molecule has 0 amide bonds. The Hall–Kier alpha value is -2.12. The largest absolute Gasteiger partial charge is 0.463 e. The van der Waals surface area contributed by atoms with Crippen LogP contribution in [0.5, 0.6) is 0 Å². The molecule has 0 aliphatic carbocycles. The van der Waals surface area contributed by atoms with Crippen LogP contribution in [0.15, 0.2) is 46.6 Å². The molecule has 0 N–H and O–H groups in total. The highest BCUT2D eigenvalue weighted by Crippen LogP contribution is 2.23. The first kappa shape index (κ1) is 20.2. The van der Waals surface area contributed by atoms with E-state index in [1.54, 1.807) is 19.1 Å². The number of halogens is 1. The lowest BCUT2D eigenvalue weighted by Crippen LogP contribution is -2.31. The summed E-state index contributed by atoms with van der Waals surface area (Å²) in [5.41, 5.74) is 0.776. The van der Waals surface area contributed by atoms with E-state index >= 15 is 0 Å². The Labute approximate surface area is 160 Å². The van der Waals surface area contributed by atoms with Gasteiger partial charge in [-0.25, -0.2) is 4.79 Å². The first-order valence-electron chi connectivity index (χ1n) is 8.25. The molecule has 0 aromatic heterocycles. The van der Waals surface area contributed by atoms with E-state index in [1.807, 2.05) is 30.3 Å². The van der Waals surface area contributed by atoms with Crippen molar-refractivity contribution in [3.8, 4) is 0 Å². The highest BCUT2D eigenvalue weighted by molar-refractivity contribution is 9.10. The zero-order valence-electron chi connectivity index (χ0n) is 14.6. The number of rotatable bonds is 7. The molecule has 0 spiro atoms. The van der Waals surface area contributed by atoms with Gasteiger partial charge in [-0.15, -0.1) is 0 Å². The monoisotopic (exact) mass is 424 g/mol. The Morgan fingerprint density at radius 3 is 2.77 bits per heavy atom. The number of hydrogen-bond acceptors (Lipinski definition) is 6. The summed E-state index contributed by atoms with van der Waals surface area (Å²) in [6, 6.07) is 7.44. The Balaban J connectivity index is 2.12. The number of carbonyl (C=O) groups is 2. The van der Waals surface area contributed by atoms with Gasteiger partial charge in [0.1, 0.15) is 12.7 Å². The first-order chi connectivity index (χ1) is 12.5. The molecule has 1 aromatic rings. The van der Waals surface area contributed by atoms with Crippen molar-refractivity contribution in [2.45, 2.75) is 32.7 Å². The molecule has 140 valence electrons. The molecule has 7 heteroatoms. The summed E-state index contributed by atoms with van der Waals surface area (Å²) in [6.45, 7) is 3.38. The van der Waals surface area contributed by atoms with E-state index in [1.165, 1.54) is 6.92 Å². The summed E-state index contributed by atoms with van der Waals surface area (Å²) in [7, 11) is 0. The molecular formula is C19H21BrO6. The molecule has 0 saturated carbocycles. The van der Waals surface area contributed by atoms with E-state index in [0.717, 1.165) is 10.0 Å². The first-order valence-corrected chi connectivity index (χ1v) is 9.04. The standard InChI is InChI=1S/C19H21BrO6/c1-3-23-19(22)17(11-14-7-4-5-9-16(14)20)26-18-10-6-8-15(25-18)12-24-13(2)21/h4-9,11,15,18H,3,10,12H2,1-2H3/t15-,18+/m0/s1. The van der Waals surface area contributed by atoms with Crippen molar-refractivity contribution in [2.24, 2.45) is 0 Å². The average molecular weight is 425 g/mol. The van der Waals surface area contributed by atoms with Gasteiger partial charge in [-0.3, -0.25) is 4.79 Å². The quantitative estimate of drug-likeness (QED) is 0.288. The molecule has 0 bridgehead atoms. The highest BCUT2D eigenvalue weighted by atomic mass is 79.9. The molecule has 2 atom stereocenters. The van der Waals surface area contributed by atoms with Gasteiger partial charge >= 0.3 is 11.9 Å². The van der Waals surface area contributed by atoms with Crippen LogP contribution in [0.2, 0.25) is 0 Å². The minimum absolute atomic E-state index is 0.0466. The van der Waals surface area contributed by atoms with Crippen molar-refractivity contribution < 1.29 is 28.5 Å². The van der Waals surface area contributed by atoms with Crippen LogP contribution >= 0.6 is 15.9 Å². The average Bonchev–Trinajstić information content (AvgIpc) is 2.62. The molecule has 1 aliphatic rings. The van der Waals surface area contributed by atoms with E-state index in [-0.39, 0.29) is 24.9 Å². The molecule has 2 rings (SSSR count). The lowest BCUT2D eigenvalue weighted by atomic mass is 10.2. The molecule has 0 unspecified atom stereocenters. The number of hydrogen-bond donors (Lipinski definition) is 0. The predicted molar refractivity (Wildman–Crippen MR) is 98.9 cm³/mol. The van der Waals surface area contributed by atoms with Crippen molar-refractivity contribution in [3.63, 3.8) is 0 Å². The second-order valence-corrected chi connectivity index (χ2v) is 6.29. The van der Waals surface area contributed by atoms with Crippen molar-refractivity contribution in [1.29, 1.82) is 0 Å². The minimum atomic E-state index is -0.682. The van der Waals surface area contributed by atoms with Crippen molar-refractivity contribution in [1.82, 2.24) is 0 Å². The van der Waals surface area contributed by atoms with Gasteiger partial charge in [-0.05, 0) is 24.6 Å². The maximum atomic E-state index is 12.3. The summed E-state index contributed by atoms with van der Waals surface area (Å²) in [6.07, 6.45) is 4.62. The fourth-order valence-electron chi connectivity index (χ4n) is 2.23. The van der Waals surface area contributed by atoms with E-state index in [0.29, 0.717) is 6.42 Å². The van der Waals surface area contributed by atoms with Crippen molar-refractivity contribution >= 4 is 33.9 Å². The SMILES string of the molecule is CCOC(=O)C(=Cc1ccccc1Br)O[C@@H]1CC=C[C@@H](COC(C)=O)O1. The van der Waals surface area contributed by atoms with Crippen LogP contribution in [0.4, 0.5) is 0 Å². The van der Waals surface area contributed by atoms with Gasteiger partial charge in [0, 0.05) is 17.8 Å². The van der Waals surface area contributed by atoms with Crippen LogP contribution in [-0.2, 0) is 28.5 Å². The van der Waals surface area contributed by atoms with Crippen LogP contribution in [0, 0.1) is 0 Å². The van der Waals surface area contributed by atoms with Gasteiger partial charge in [0.05, 0.1) is 6.61 Å². The fraction of sp³-hybridized carbons (Fsp3) is 0.368. The van der Waals surface area contributed by atoms with Gasteiger partial charge < -0.3 is 18.9 Å². The fourth-order valence-corrected chi connectivity index (χ4v) is 2.63. The zero-order valence-corrected chi connectivity index (χ0v) is 16.2. The Morgan fingerprint density at radius 1 is 1.31 bits per heavy atom. The van der Waals surface area contributed by atoms with E-state index in [2.05, 4.69) is 15.9 Å². The van der Waals surface area contributed by atoms with Crippen LogP contribution in [0.25, 0.3) is 6.08 Å². The lowest BCUT2D eigenvalue weighted by Gasteiger charge is -2.26. The summed E-state index contributed by atoms with van der Waals surface area (Å²) < 4.78 is 22.3. The predicted octanol–water partition coefficient (Wildman–Crippen LogP) is 3.60. The summed E-state index contributed by atoms with van der Waals surface area (Å²) in [4.78, 5) is 23.2. The molecule has 6 nitrogen and oxygen atoms in total. The molecule has 1 heterocycles. The number of esters is 2. The molecule has 0 saturated heterocycles. The number of carbonyl (C=O) groups excluding carboxylic acids is 2. The van der Waals surface area contributed by atoms with Crippen LogP contribution < -0.4 is 0 Å². The smallest absolute Gasteiger partial charge is 0.373 e. The lowest BCUT2D eigenvalue weighted by molar-refractivity contribution is -0.172. The molecule has 26 heavy (non-hydrogen) atoms. The zero-order chi connectivity index (χ0) is 18.9. The summed E-state index contributed by atoms with van der Waals surface area (Å²) >= 11 is 3.44. The van der Waals surface area contributed by atoms with Gasteiger partial charge in [0.15, 0.2) is 0 Å². The topological polar surface area (TPSA) is 71.1 Å². The van der Waals surface area contributed by atoms with Crippen molar-refractivity contribution in [2.75, 3.05) is 13.2 Å². The Bertz CT molecular complexity index is 697. The third-order valence-corrected chi connectivity index (χ3v) is 4.11. The maximum Gasteiger partial charge on any atom is 0.373 e. The minimum Gasteiger partial charge on any atom is -0.463 e. The van der Waals surface area contributed by atoms with Crippen molar-refractivity contribution in [3.05, 3.63) is 52.2 Å². The van der Waals surface area contributed by atoms with Gasteiger partial charge in [-0.1, -0.05) is 46.3 Å². The molecule has 1 aromatic carbocycles. The second kappa shape index (κ2) is 10.1. The van der Waals surface area contributed by atoms with Crippen LogP contribution in [-0.4, -0.2) is 37.5 Å². The molecular weight excluding hydrogens is 404 g/mol. The van der Waals surface area contributed by atoms with E-state index < -0.39 is 18.4 Å². The van der Waals surface area contributed by atoms with E-state index in [9.17, 15) is 9.59 Å². The number of benzene rings is 1. The highest BCUT2D eigenvalue weighted by Gasteiger charge is 2.24. The number of ether oxygens (including phenoxy) is 4. The third kappa shape index (κ3) is 6.31. The Morgan fingerprint density at radius 2 is 2.08 bits per heavy atom. The summed E-state index contributed by atoms with van der Waals surface area (Å²) in [5.74, 6) is -0.908. The molecule has 1 aliphatic heterocycles. The van der Waals surface area contributed by atoms with E-state index in [4.69, 9.17) is 18.9 Å². The van der Waals surface area contributed by atoms with Gasteiger partial charge in [0.2, 0.25) is 12.0 Å². The van der Waals surface area contributed by atoms with Crippen LogP contribution in [0.3, 0.4) is 0 Å². The molecule has 0 radical (unpaired) electrons. The molecule has 0 fully saturated rings. The normalized spacial score (nSPS) is 19.7. The second-order valence-electron chi connectivity index (χ2n) is 5.44. The Kier molecular flexibility index (Phi) is 7.87.